The van der Waals surface area contributed by atoms with E-state index in [9.17, 15) is 4.79 Å². The molecule has 3 aliphatic heterocycles. The summed E-state index contributed by atoms with van der Waals surface area (Å²) in [5, 5.41) is 3.67. The highest BCUT2D eigenvalue weighted by Gasteiger charge is 2.35. The number of benzene rings is 1. The van der Waals surface area contributed by atoms with E-state index < -0.39 is 0 Å². The smallest absolute Gasteiger partial charge is 0.222 e. The molecule has 2 bridgehead atoms. The molecule has 0 saturated carbocycles. The Morgan fingerprint density at radius 1 is 1.11 bits per heavy atom. The highest BCUT2D eigenvalue weighted by Crippen LogP contribution is 2.33. The summed E-state index contributed by atoms with van der Waals surface area (Å²) in [7, 11) is 0. The molecule has 3 saturated heterocycles. The third-order valence-electron chi connectivity index (χ3n) is 6.47. The zero-order valence-corrected chi connectivity index (χ0v) is 17.4. The van der Waals surface area contributed by atoms with Crippen LogP contribution in [0.1, 0.15) is 56.1 Å². The number of piperidine rings is 2. The van der Waals surface area contributed by atoms with Crippen molar-refractivity contribution in [2.75, 3.05) is 13.1 Å². The van der Waals surface area contributed by atoms with Gasteiger partial charge in [-0.15, -0.1) is 12.4 Å². The molecule has 0 aliphatic carbocycles. The lowest BCUT2D eigenvalue weighted by Gasteiger charge is -2.35. The number of hydrogen-bond donors (Lipinski definition) is 1. The van der Waals surface area contributed by atoms with Gasteiger partial charge in [-0.3, -0.25) is 4.79 Å². The van der Waals surface area contributed by atoms with Crippen molar-refractivity contribution in [2.24, 2.45) is 5.92 Å². The summed E-state index contributed by atoms with van der Waals surface area (Å²) in [5.41, 5.74) is 2.42. The van der Waals surface area contributed by atoms with Crippen molar-refractivity contribution in [1.82, 2.24) is 10.2 Å². The van der Waals surface area contributed by atoms with Crippen LogP contribution in [0, 0.1) is 19.8 Å². The first-order valence-corrected chi connectivity index (χ1v) is 10.3. The highest BCUT2D eigenvalue weighted by molar-refractivity contribution is 5.85. The Labute approximate surface area is 169 Å². The van der Waals surface area contributed by atoms with Crippen LogP contribution in [0.25, 0.3) is 0 Å². The summed E-state index contributed by atoms with van der Waals surface area (Å²) in [6.07, 6.45) is 7.84. The number of carbonyl (C=O) groups is 1. The fourth-order valence-corrected chi connectivity index (χ4v) is 4.95. The van der Waals surface area contributed by atoms with Gasteiger partial charge in [-0.25, -0.2) is 0 Å². The van der Waals surface area contributed by atoms with Crippen LogP contribution >= 0.6 is 12.4 Å². The SMILES string of the molecule is Cc1ccc(C)c(OC2CCN(C(=O)CC3CC4CCC(C3)N4)CC2)c1.Cl. The first-order valence-electron chi connectivity index (χ1n) is 10.3. The van der Waals surface area contributed by atoms with Crippen molar-refractivity contribution in [2.45, 2.75) is 77.0 Å². The minimum absolute atomic E-state index is 0. The average molecular weight is 393 g/mol. The second-order valence-electron chi connectivity index (χ2n) is 8.65. The molecule has 2 unspecified atom stereocenters. The van der Waals surface area contributed by atoms with Crippen molar-refractivity contribution in [3.63, 3.8) is 0 Å². The molecule has 0 spiro atoms. The summed E-state index contributed by atoms with van der Waals surface area (Å²) < 4.78 is 6.24. The molecule has 27 heavy (non-hydrogen) atoms. The summed E-state index contributed by atoms with van der Waals surface area (Å²) in [6, 6.07) is 7.70. The van der Waals surface area contributed by atoms with E-state index in [1.165, 1.54) is 36.8 Å². The number of hydrogen-bond acceptors (Lipinski definition) is 3. The molecule has 5 heteroatoms. The maximum atomic E-state index is 12.7. The molecule has 0 aromatic heterocycles. The van der Waals surface area contributed by atoms with Gasteiger partial charge < -0.3 is 15.0 Å². The van der Waals surface area contributed by atoms with Gasteiger partial charge in [0.25, 0.3) is 0 Å². The first kappa shape index (κ1) is 20.5. The largest absolute Gasteiger partial charge is 0.490 e. The molecule has 1 aromatic rings. The molecule has 1 aromatic carbocycles. The van der Waals surface area contributed by atoms with E-state index in [1.807, 2.05) is 0 Å². The average Bonchev–Trinajstić information content (AvgIpc) is 2.97. The zero-order chi connectivity index (χ0) is 18.1. The zero-order valence-electron chi connectivity index (χ0n) is 16.6. The molecule has 4 rings (SSSR count). The van der Waals surface area contributed by atoms with Crippen molar-refractivity contribution < 1.29 is 9.53 Å². The van der Waals surface area contributed by atoms with Gasteiger partial charge in [0.1, 0.15) is 11.9 Å². The Balaban J connectivity index is 0.00000210. The summed E-state index contributed by atoms with van der Waals surface area (Å²) in [6.45, 7) is 5.87. The van der Waals surface area contributed by atoms with Gasteiger partial charge >= 0.3 is 0 Å². The van der Waals surface area contributed by atoms with Crippen LogP contribution in [-0.4, -0.2) is 42.1 Å². The Bertz CT molecular complexity index is 646. The number of fused-ring (bicyclic) bond motifs is 2. The van der Waals surface area contributed by atoms with Crippen LogP contribution in [0.3, 0.4) is 0 Å². The lowest BCUT2D eigenvalue weighted by molar-refractivity contribution is -0.134. The molecule has 3 fully saturated rings. The Hall–Kier alpha value is -1.26. The number of carbonyl (C=O) groups excluding carboxylic acids is 1. The van der Waals surface area contributed by atoms with Gasteiger partial charge in [0.05, 0.1) is 0 Å². The van der Waals surface area contributed by atoms with Crippen molar-refractivity contribution in [1.29, 1.82) is 0 Å². The number of amides is 1. The van der Waals surface area contributed by atoms with E-state index in [0.29, 0.717) is 23.9 Å². The molecule has 1 N–H and O–H groups in total. The molecule has 150 valence electrons. The van der Waals surface area contributed by atoms with Crippen LogP contribution in [-0.2, 0) is 4.79 Å². The maximum Gasteiger partial charge on any atom is 0.222 e. The van der Waals surface area contributed by atoms with E-state index >= 15 is 0 Å². The number of nitrogens with zero attached hydrogens (tertiary/aromatic N) is 1. The molecule has 1 amide bonds. The minimum Gasteiger partial charge on any atom is -0.490 e. The van der Waals surface area contributed by atoms with Crippen LogP contribution in [0.2, 0.25) is 0 Å². The van der Waals surface area contributed by atoms with Crippen LogP contribution in [0.15, 0.2) is 18.2 Å². The molecule has 2 atom stereocenters. The number of halogens is 1. The summed E-state index contributed by atoms with van der Waals surface area (Å²) >= 11 is 0. The predicted molar refractivity (Wildman–Crippen MR) is 111 cm³/mol. The standard InChI is InChI=1S/C22H32N2O2.ClH/c1-15-3-4-16(2)21(11-15)26-20-7-9-24(10-8-20)22(25)14-17-12-18-5-6-19(13-17)23-18;/h3-4,11,17-20,23H,5-10,12-14H2,1-2H3;1H. The lowest BCUT2D eigenvalue weighted by Crippen LogP contribution is -2.44. The second kappa shape index (κ2) is 8.83. The second-order valence-corrected chi connectivity index (χ2v) is 8.65. The summed E-state index contributed by atoms with van der Waals surface area (Å²) in [4.78, 5) is 14.8. The monoisotopic (exact) mass is 392 g/mol. The molecule has 3 heterocycles. The minimum atomic E-state index is 0. The maximum absolute atomic E-state index is 12.7. The van der Waals surface area contributed by atoms with Crippen molar-refractivity contribution in [3.8, 4) is 5.75 Å². The number of ether oxygens (including phenoxy) is 1. The third kappa shape index (κ3) is 4.97. The van der Waals surface area contributed by atoms with Crippen LogP contribution in [0.4, 0.5) is 0 Å². The van der Waals surface area contributed by atoms with Crippen LogP contribution in [0.5, 0.6) is 5.75 Å². The molecule has 4 nitrogen and oxygen atoms in total. The topological polar surface area (TPSA) is 41.6 Å². The van der Waals surface area contributed by atoms with Crippen molar-refractivity contribution >= 4 is 18.3 Å². The molecular weight excluding hydrogens is 360 g/mol. The Morgan fingerprint density at radius 3 is 2.44 bits per heavy atom. The molecule has 0 radical (unpaired) electrons. The third-order valence-corrected chi connectivity index (χ3v) is 6.47. The van der Waals surface area contributed by atoms with Gasteiger partial charge in [-0.2, -0.15) is 0 Å². The quantitative estimate of drug-likeness (QED) is 0.841. The normalized spacial score (nSPS) is 27.9. The molecule has 3 aliphatic rings. The summed E-state index contributed by atoms with van der Waals surface area (Å²) in [5.74, 6) is 1.95. The van der Waals surface area contributed by atoms with Gasteiger partial charge in [0.2, 0.25) is 5.91 Å². The first-order chi connectivity index (χ1) is 12.6. The van der Waals surface area contributed by atoms with Gasteiger partial charge in [-0.1, -0.05) is 12.1 Å². The number of rotatable bonds is 4. The Morgan fingerprint density at radius 2 is 1.78 bits per heavy atom. The van der Waals surface area contributed by atoms with E-state index in [-0.39, 0.29) is 18.5 Å². The van der Waals surface area contributed by atoms with Gasteiger partial charge in [0, 0.05) is 44.4 Å². The van der Waals surface area contributed by atoms with Gasteiger partial charge in [-0.05, 0) is 62.6 Å². The van der Waals surface area contributed by atoms with Crippen LogP contribution < -0.4 is 10.1 Å². The van der Waals surface area contributed by atoms with Crippen molar-refractivity contribution in [3.05, 3.63) is 29.3 Å². The van der Waals surface area contributed by atoms with E-state index in [1.54, 1.807) is 0 Å². The highest BCUT2D eigenvalue weighted by atomic mass is 35.5. The number of nitrogens with one attached hydrogen (secondary N) is 1. The van der Waals surface area contributed by atoms with E-state index in [2.05, 4.69) is 42.3 Å². The predicted octanol–water partition coefficient (Wildman–Crippen LogP) is 4.02. The Kier molecular flexibility index (Phi) is 6.69. The molecular formula is C22H33ClN2O2. The fraction of sp³-hybridized carbons (Fsp3) is 0.682. The number of likely N-dealkylation sites (tertiary alicyclic amines) is 1. The van der Waals surface area contributed by atoms with Gasteiger partial charge in [0.15, 0.2) is 0 Å². The van der Waals surface area contributed by atoms with E-state index in [4.69, 9.17) is 4.74 Å². The number of aryl methyl sites for hydroxylation is 2. The fourth-order valence-electron chi connectivity index (χ4n) is 4.95. The van der Waals surface area contributed by atoms with E-state index in [0.717, 1.165) is 38.1 Å². The lowest BCUT2D eigenvalue weighted by atomic mass is 9.89.